The van der Waals surface area contributed by atoms with Gasteiger partial charge in [-0.1, -0.05) is 12.1 Å². The first kappa shape index (κ1) is 24.8. The van der Waals surface area contributed by atoms with Gasteiger partial charge in [-0.05, 0) is 37.6 Å². The second-order valence-corrected chi connectivity index (χ2v) is 9.59. The number of urea groups is 1. The van der Waals surface area contributed by atoms with Crippen LogP contribution in [0.1, 0.15) is 19.4 Å². The number of nitrogens with zero attached hydrogens (tertiary/aromatic N) is 5. The first-order chi connectivity index (χ1) is 16.7. The van der Waals surface area contributed by atoms with Crippen molar-refractivity contribution in [2.45, 2.75) is 25.9 Å². The van der Waals surface area contributed by atoms with Crippen LogP contribution in [0.3, 0.4) is 0 Å². The number of benzene rings is 1. The van der Waals surface area contributed by atoms with Crippen LogP contribution in [0.15, 0.2) is 41.3 Å². The van der Waals surface area contributed by atoms with E-state index in [0.717, 1.165) is 38.3 Å². The summed E-state index contributed by atoms with van der Waals surface area (Å²) < 4.78 is 1.45. The van der Waals surface area contributed by atoms with E-state index in [1.54, 1.807) is 31.0 Å². The molecule has 2 saturated heterocycles. The molecule has 0 aliphatic carbocycles. The van der Waals surface area contributed by atoms with Crippen LogP contribution in [0.4, 0.5) is 10.6 Å². The smallest absolute Gasteiger partial charge is 0.339 e. The second kappa shape index (κ2) is 10.5. The van der Waals surface area contributed by atoms with Gasteiger partial charge in [-0.2, -0.15) is 4.98 Å². The topological polar surface area (TPSA) is 129 Å². The molecule has 0 atom stereocenters. The van der Waals surface area contributed by atoms with Gasteiger partial charge in [0.15, 0.2) is 0 Å². The molecule has 11 nitrogen and oxygen atoms in total. The monoisotopic (exact) mass is 482 g/mol. The molecule has 0 radical (unpaired) electrons. The van der Waals surface area contributed by atoms with E-state index in [1.165, 1.54) is 4.57 Å². The molecule has 1 aromatic heterocycles. The van der Waals surface area contributed by atoms with Gasteiger partial charge in [0.2, 0.25) is 5.91 Å². The number of carbonyl (C=O) groups excluding carboxylic acids is 2. The highest BCUT2D eigenvalue weighted by molar-refractivity contribution is 5.88. The van der Waals surface area contributed by atoms with Crippen molar-refractivity contribution in [2.24, 2.45) is 5.73 Å². The summed E-state index contributed by atoms with van der Waals surface area (Å²) in [6.07, 6.45) is 1.62. The van der Waals surface area contributed by atoms with Gasteiger partial charge in [-0.3, -0.25) is 19.6 Å². The molecule has 3 amide bonds. The quantitative estimate of drug-likeness (QED) is 0.549. The third kappa shape index (κ3) is 6.24. The summed E-state index contributed by atoms with van der Waals surface area (Å²) in [5, 5.41) is 5.90. The normalized spacial score (nSPS) is 17.3. The average molecular weight is 483 g/mol. The van der Waals surface area contributed by atoms with E-state index in [2.05, 4.69) is 20.5 Å². The van der Waals surface area contributed by atoms with Crippen LogP contribution in [-0.4, -0.2) is 94.1 Å². The minimum Gasteiger partial charge on any atom is -0.339 e. The number of aromatic nitrogens is 2. The van der Waals surface area contributed by atoms with Gasteiger partial charge in [0, 0.05) is 65.1 Å². The first-order valence-electron chi connectivity index (χ1n) is 12.0. The predicted molar refractivity (Wildman–Crippen MR) is 133 cm³/mol. The molecule has 2 aliphatic rings. The molecule has 0 unspecified atom stereocenters. The molecule has 3 heterocycles. The van der Waals surface area contributed by atoms with Crippen LogP contribution in [0.5, 0.6) is 0 Å². The fraction of sp³-hybridized carbons (Fsp3) is 0.500. The molecular formula is C24H34N8O3. The molecule has 2 fully saturated rings. The molecule has 35 heavy (non-hydrogen) atoms. The molecule has 1 aromatic carbocycles. The number of carbonyl (C=O) groups is 2. The summed E-state index contributed by atoms with van der Waals surface area (Å²) in [5.74, 6) is 0.219. The van der Waals surface area contributed by atoms with Gasteiger partial charge in [0.05, 0.1) is 11.2 Å². The summed E-state index contributed by atoms with van der Waals surface area (Å²) in [6, 6.07) is 9.11. The lowest BCUT2D eigenvalue weighted by Gasteiger charge is -2.37. The highest BCUT2D eigenvalue weighted by Crippen LogP contribution is 2.14. The maximum absolute atomic E-state index is 12.6. The van der Waals surface area contributed by atoms with Crippen LogP contribution in [0.2, 0.25) is 0 Å². The lowest BCUT2D eigenvalue weighted by atomic mass is 10.0. The molecule has 2 aliphatic heterocycles. The summed E-state index contributed by atoms with van der Waals surface area (Å²) in [4.78, 5) is 47.1. The molecule has 2 aromatic rings. The number of nitrogens with two attached hydrogens (primary N) is 1. The maximum Gasteiger partial charge on any atom is 0.354 e. The summed E-state index contributed by atoms with van der Waals surface area (Å²) in [5.41, 5.74) is 6.46. The van der Waals surface area contributed by atoms with Crippen molar-refractivity contribution in [1.29, 1.82) is 0 Å². The molecule has 4 N–H and O–H groups in total. The second-order valence-electron chi connectivity index (χ2n) is 9.59. The molecule has 0 bridgehead atoms. The third-order valence-electron chi connectivity index (χ3n) is 6.27. The molecule has 0 saturated carbocycles. The molecule has 11 heteroatoms. The number of amides is 3. The zero-order chi connectivity index (χ0) is 25.0. The van der Waals surface area contributed by atoms with Crippen molar-refractivity contribution in [3.05, 3.63) is 52.6 Å². The van der Waals surface area contributed by atoms with E-state index in [9.17, 15) is 14.4 Å². The van der Waals surface area contributed by atoms with Gasteiger partial charge in [0.1, 0.15) is 5.82 Å². The van der Waals surface area contributed by atoms with Crippen molar-refractivity contribution in [3.8, 4) is 5.69 Å². The van der Waals surface area contributed by atoms with Crippen molar-refractivity contribution >= 4 is 17.8 Å². The largest absolute Gasteiger partial charge is 0.354 e. The SMILES string of the molecule is CC(C)(N)C(=O)N1CCN(Cc2ccc(-n3ccc(NC(=O)N4CCNCC4)nc3=O)cc2)CC1. The zero-order valence-corrected chi connectivity index (χ0v) is 20.4. The van der Waals surface area contributed by atoms with Crippen molar-refractivity contribution < 1.29 is 9.59 Å². The van der Waals surface area contributed by atoms with Gasteiger partial charge < -0.3 is 20.9 Å². The Morgan fingerprint density at radius 2 is 1.66 bits per heavy atom. The Bertz CT molecular complexity index is 1090. The molecule has 188 valence electrons. The van der Waals surface area contributed by atoms with Crippen molar-refractivity contribution in [2.75, 3.05) is 57.7 Å². The first-order valence-corrected chi connectivity index (χ1v) is 12.0. The van der Waals surface area contributed by atoms with Crippen LogP contribution < -0.4 is 22.1 Å². The minimum absolute atomic E-state index is 0.0186. The zero-order valence-electron chi connectivity index (χ0n) is 20.4. The number of anilines is 1. The van der Waals surface area contributed by atoms with Crippen LogP contribution in [0.25, 0.3) is 5.69 Å². The lowest BCUT2D eigenvalue weighted by Crippen LogP contribution is -2.56. The van der Waals surface area contributed by atoms with E-state index < -0.39 is 11.2 Å². The van der Waals surface area contributed by atoms with Gasteiger partial charge in [-0.15, -0.1) is 0 Å². The molecule has 0 spiro atoms. The van der Waals surface area contributed by atoms with E-state index in [0.29, 0.717) is 31.9 Å². The van der Waals surface area contributed by atoms with Crippen LogP contribution in [-0.2, 0) is 11.3 Å². The Labute approximate surface area is 204 Å². The lowest BCUT2D eigenvalue weighted by molar-refractivity contribution is -0.137. The van der Waals surface area contributed by atoms with E-state index in [4.69, 9.17) is 5.73 Å². The van der Waals surface area contributed by atoms with Gasteiger partial charge in [-0.25, -0.2) is 9.59 Å². The Morgan fingerprint density at radius 1 is 1.00 bits per heavy atom. The number of hydrogen-bond donors (Lipinski definition) is 3. The average Bonchev–Trinajstić information content (AvgIpc) is 2.85. The van der Waals surface area contributed by atoms with Crippen LogP contribution >= 0.6 is 0 Å². The number of rotatable bonds is 5. The summed E-state index contributed by atoms with van der Waals surface area (Å²) >= 11 is 0. The van der Waals surface area contributed by atoms with E-state index >= 15 is 0 Å². The van der Waals surface area contributed by atoms with E-state index in [1.807, 2.05) is 29.2 Å². The predicted octanol–water partition coefficient (Wildman–Crippen LogP) is 0.0511. The highest BCUT2D eigenvalue weighted by Gasteiger charge is 2.30. The summed E-state index contributed by atoms with van der Waals surface area (Å²) in [7, 11) is 0. The Balaban J connectivity index is 1.33. The van der Waals surface area contributed by atoms with Crippen molar-refractivity contribution in [3.63, 3.8) is 0 Å². The maximum atomic E-state index is 12.6. The third-order valence-corrected chi connectivity index (χ3v) is 6.27. The van der Waals surface area contributed by atoms with Gasteiger partial charge >= 0.3 is 11.7 Å². The Hall–Kier alpha value is -3.28. The Morgan fingerprint density at radius 3 is 2.26 bits per heavy atom. The number of piperazine rings is 2. The van der Waals surface area contributed by atoms with Crippen LogP contribution in [0, 0.1) is 0 Å². The fourth-order valence-corrected chi connectivity index (χ4v) is 4.26. The van der Waals surface area contributed by atoms with E-state index in [-0.39, 0.29) is 17.8 Å². The number of nitrogens with one attached hydrogen (secondary N) is 2. The molecule has 4 rings (SSSR count). The Kier molecular flexibility index (Phi) is 7.48. The standard InChI is InChI=1S/C24H34N8O3/c1-24(2,25)21(33)30-15-13-29(14-16-30)17-18-3-5-19(6-4-18)32-10-7-20(28-23(32)35)27-22(34)31-11-8-26-9-12-31/h3-7,10,26H,8-9,11-17,25H2,1-2H3,(H,27,28,34,35). The van der Waals surface area contributed by atoms with Crippen molar-refractivity contribution in [1.82, 2.24) is 29.6 Å². The minimum atomic E-state index is -0.847. The number of hydrogen-bond acceptors (Lipinski definition) is 7. The molecular weight excluding hydrogens is 448 g/mol. The fourth-order valence-electron chi connectivity index (χ4n) is 4.26. The highest BCUT2D eigenvalue weighted by atomic mass is 16.2. The summed E-state index contributed by atoms with van der Waals surface area (Å²) in [6.45, 7) is 9.88. The van der Waals surface area contributed by atoms with Gasteiger partial charge in [0.25, 0.3) is 0 Å².